The molecule has 0 unspecified atom stereocenters. The fourth-order valence-electron chi connectivity index (χ4n) is 3.38. The number of fused-ring (bicyclic) bond motifs is 1. The Morgan fingerprint density at radius 3 is 2.45 bits per heavy atom. The highest BCUT2D eigenvalue weighted by molar-refractivity contribution is 8.27. The lowest BCUT2D eigenvalue weighted by molar-refractivity contribution is -0.119. The molecule has 0 aromatic heterocycles. The molecule has 13 heteroatoms. The molecule has 33 heavy (non-hydrogen) atoms. The predicted octanol–water partition coefficient (Wildman–Crippen LogP) is 1.92. The zero-order valence-corrected chi connectivity index (χ0v) is 18.8. The van der Waals surface area contributed by atoms with E-state index >= 15 is 0 Å². The fraction of sp³-hybridized carbons (Fsp3) is 0.0500. The third kappa shape index (κ3) is 4.00. The van der Waals surface area contributed by atoms with Gasteiger partial charge in [-0.15, -0.1) is 0 Å². The highest BCUT2D eigenvalue weighted by Gasteiger charge is 2.46. The third-order valence-corrected chi connectivity index (χ3v) is 7.15. The molecular formula is C20H12N4O6S3. The molecular weight excluding hydrogens is 488 g/mol. The van der Waals surface area contributed by atoms with E-state index in [1.165, 1.54) is 6.07 Å². The SMILES string of the molecule is N#Cc1ccccc1NC(=O)CN1C(=O)C(=C2SC(=S)N(S(=O)(=O)O)C2=O)c2ccccc21. The second-order valence-electron chi connectivity index (χ2n) is 6.73. The Balaban J connectivity index is 1.70. The molecule has 10 nitrogen and oxygen atoms in total. The van der Waals surface area contributed by atoms with Crippen molar-refractivity contribution >= 4 is 73.3 Å². The van der Waals surface area contributed by atoms with E-state index in [0.717, 1.165) is 4.90 Å². The van der Waals surface area contributed by atoms with E-state index in [2.05, 4.69) is 5.32 Å². The Morgan fingerprint density at radius 2 is 1.79 bits per heavy atom. The largest absolute Gasteiger partial charge is 0.368 e. The van der Waals surface area contributed by atoms with Crippen LogP contribution >= 0.6 is 24.0 Å². The maximum atomic E-state index is 13.3. The number of nitrogens with zero attached hydrogens (tertiary/aromatic N) is 3. The summed E-state index contributed by atoms with van der Waals surface area (Å²) in [6.45, 7) is -0.433. The van der Waals surface area contributed by atoms with Crippen molar-refractivity contribution in [2.45, 2.75) is 0 Å². The van der Waals surface area contributed by atoms with Gasteiger partial charge >= 0.3 is 10.3 Å². The monoisotopic (exact) mass is 500 g/mol. The topological polar surface area (TPSA) is 148 Å². The summed E-state index contributed by atoms with van der Waals surface area (Å²) >= 11 is 5.46. The first kappa shape index (κ1) is 22.6. The van der Waals surface area contributed by atoms with Crippen LogP contribution in [0.5, 0.6) is 0 Å². The van der Waals surface area contributed by atoms with Gasteiger partial charge in [0.05, 0.1) is 27.4 Å². The van der Waals surface area contributed by atoms with E-state index in [4.69, 9.17) is 12.2 Å². The second kappa shape index (κ2) is 8.41. The van der Waals surface area contributed by atoms with Gasteiger partial charge in [-0.1, -0.05) is 54.3 Å². The molecule has 1 fully saturated rings. The Kier molecular flexibility index (Phi) is 5.76. The van der Waals surface area contributed by atoms with Gasteiger partial charge in [0.2, 0.25) is 5.91 Å². The minimum Gasteiger partial charge on any atom is -0.323 e. The van der Waals surface area contributed by atoms with E-state index in [1.807, 2.05) is 6.07 Å². The fourth-order valence-corrected chi connectivity index (χ4v) is 5.76. The van der Waals surface area contributed by atoms with Gasteiger partial charge < -0.3 is 5.32 Å². The second-order valence-corrected chi connectivity index (χ2v) is 9.64. The van der Waals surface area contributed by atoms with Crippen LogP contribution in [0.25, 0.3) is 5.57 Å². The smallest absolute Gasteiger partial charge is 0.323 e. The lowest BCUT2D eigenvalue weighted by Gasteiger charge is -2.17. The van der Waals surface area contributed by atoms with Crippen molar-refractivity contribution in [3.8, 4) is 6.07 Å². The quantitative estimate of drug-likeness (QED) is 0.365. The molecule has 2 N–H and O–H groups in total. The number of hydrogen-bond acceptors (Lipinski definition) is 8. The van der Waals surface area contributed by atoms with Crippen molar-refractivity contribution < 1.29 is 27.4 Å². The maximum Gasteiger partial charge on any atom is 0.368 e. The number of carbonyl (C=O) groups is 3. The van der Waals surface area contributed by atoms with Crippen molar-refractivity contribution in [2.24, 2.45) is 0 Å². The molecule has 2 heterocycles. The van der Waals surface area contributed by atoms with Crippen molar-refractivity contribution in [3.05, 3.63) is 64.6 Å². The maximum absolute atomic E-state index is 13.3. The molecule has 2 aromatic rings. The highest BCUT2D eigenvalue weighted by atomic mass is 32.2. The van der Waals surface area contributed by atoms with E-state index in [1.54, 1.807) is 42.5 Å². The summed E-state index contributed by atoms with van der Waals surface area (Å²) < 4.78 is 32.0. The minimum absolute atomic E-state index is 0.0411. The number of thioether (sulfide) groups is 1. The van der Waals surface area contributed by atoms with Crippen LogP contribution in [0.4, 0.5) is 11.4 Å². The van der Waals surface area contributed by atoms with E-state index in [-0.39, 0.29) is 26.0 Å². The Morgan fingerprint density at radius 1 is 1.12 bits per heavy atom. The van der Waals surface area contributed by atoms with Crippen LogP contribution in [0.15, 0.2) is 53.4 Å². The molecule has 0 radical (unpaired) electrons. The van der Waals surface area contributed by atoms with Gasteiger partial charge in [0, 0.05) is 5.56 Å². The third-order valence-electron chi connectivity index (χ3n) is 4.74. The summed E-state index contributed by atoms with van der Waals surface area (Å²) in [7, 11) is -4.96. The molecule has 0 atom stereocenters. The van der Waals surface area contributed by atoms with E-state index in [9.17, 15) is 32.6 Å². The van der Waals surface area contributed by atoms with Crippen LogP contribution in [0, 0.1) is 11.3 Å². The van der Waals surface area contributed by atoms with Crippen molar-refractivity contribution in [1.29, 1.82) is 5.26 Å². The summed E-state index contributed by atoms with van der Waals surface area (Å²) in [6, 6.07) is 14.7. The molecule has 4 rings (SSSR count). The molecule has 0 bridgehead atoms. The summed E-state index contributed by atoms with van der Waals surface area (Å²) in [4.78, 5) is 39.5. The Hall–Kier alpha value is -3.57. The van der Waals surface area contributed by atoms with Gasteiger partial charge in [0.15, 0.2) is 4.32 Å². The van der Waals surface area contributed by atoms with Crippen LogP contribution in [-0.4, -0.2) is 45.9 Å². The first-order chi connectivity index (χ1) is 15.6. The minimum atomic E-state index is -4.96. The van der Waals surface area contributed by atoms with Gasteiger partial charge in [-0.2, -0.15) is 18.0 Å². The molecule has 3 amide bonds. The normalized spacial score (nSPS) is 17.9. The number of rotatable bonds is 4. The number of nitriles is 1. The van der Waals surface area contributed by atoms with E-state index in [0.29, 0.717) is 23.0 Å². The van der Waals surface area contributed by atoms with Gasteiger partial charge in [-0.25, -0.2) is 0 Å². The van der Waals surface area contributed by atoms with Gasteiger partial charge in [-0.3, -0.25) is 23.8 Å². The first-order valence-corrected chi connectivity index (χ1v) is 11.7. The summed E-state index contributed by atoms with van der Waals surface area (Å²) in [6.07, 6.45) is 0. The molecule has 1 saturated heterocycles. The number of anilines is 2. The van der Waals surface area contributed by atoms with Crippen molar-refractivity contribution in [3.63, 3.8) is 0 Å². The van der Waals surface area contributed by atoms with Crippen molar-refractivity contribution in [2.75, 3.05) is 16.8 Å². The number of nitrogens with one attached hydrogen (secondary N) is 1. The van der Waals surface area contributed by atoms with Gasteiger partial charge in [-0.05, 0) is 18.2 Å². The lowest BCUT2D eigenvalue weighted by Crippen LogP contribution is -2.36. The zero-order valence-electron chi connectivity index (χ0n) is 16.4. The number of thiocarbonyl (C=S) groups is 1. The first-order valence-electron chi connectivity index (χ1n) is 9.12. The number of carbonyl (C=O) groups excluding carboxylic acids is 3. The standard InChI is InChI=1S/C20H12N4O6S3/c21-9-11-5-1-3-7-13(11)22-15(25)10-23-14-8-4-2-6-12(14)16(18(23)26)17-19(27)24(20(31)32-17)33(28,29)30/h1-8H,10H2,(H,22,25)(H,28,29,30). The van der Waals surface area contributed by atoms with Gasteiger partial charge in [0.1, 0.15) is 12.6 Å². The summed E-state index contributed by atoms with van der Waals surface area (Å²) in [5, 5.41) is 11.8. The van der Waals surface area contributed by atoms with Crippen LogP contribution < -0.4 is 10.2 Å². The van der Waals surface area contributed by atoms with Crippen LogP contribution in [-0.2, 0) is 24.7 Å². The summed E-state index contributed by atoms with van der Waals surface area (Å²) in [5.74, 6) is -2.46. The molecule has 0 spiro atoms. The molecule has 2 aliphatic heterocycles. The lowest BCUT2D eigenvalue weighted by atomic mass is 10.1. The van der Waals surface area contributed by atoms with Crippen LogP contribution in [0.2, 0.25) is 0 Å². The summed E-state index contributed by atoms with van der Waals surface area (Å²) in [5.41, 5.74) is 1.04. The molecule has 2 aliphatic rings. The van der Waals surface area contributed by atoms with Gasteiger partial charge in [0.25, 0.3) is 11.8 Å². The number of benzene rings is 2. The average Bonchev–Trinajstić information content (AvgIpc) is 3.20. The molecule has 0 aliphatic carbocycles. The van der Waals surface area contributed by atoms with Crippen molar-refractivity contribution in [1.82, 2.24) is 4.31 Å². The number of para-hydroxylation sites is 2. The van der Waals surface area contributed by atoms with Crippen LogP contribution in [0.1, 0.15) is 11.1 Å². The Labute approximate surface area is 197 Å². The zero-order chi connectivity index (χ0) is 23.9. The highest BCUT2D eigenvalue weighted by Crippen LogP contribution is 2.44. The molecule has 0 saturated carbocycles. The Bertz CT molecular complexity index is 1430. The van der Waals surface area contributed by atoms with E-state index < -0.39 is 38.9 Å². The average molecular weight is 501 g/mol. The predicted molar refractivity (Wildman–Crippen MR) is 124 cm³/mol. The number of hydrogen-bond donors (Lipinski definition) is 2. The molecule has 2 aromatic carbocycles. The van der Waals surface area contributed by atoms with Crippen LogP contribution in [0.3, 0.4) is 0 Å². The molecule has 166 valence electrons. The number of amides is 3.